The summed E-state index contributed by atoms with van der Waals surface area (Å²) in [7, 11) is 0. The highest BCUT2D eigenvalue weighted by Gasteiger charge is 2.35. The van der Waals surface area contributed by atoms with Crippen molar-refractivity contribution in [1.29, 1.82) is 0 Å². The fraction of sp³-hybridized carbons (Fsp3) is 0.895. The van der Waals surface area contributed by atoms with Crippen molar-refractivity contribution in [3.63, 3.8) is 0 Å². The van der Waals surface area contributed by atoms with Gasteiger partial charge in [0.25, 0.3) is 0 Å². The third-order valence-electron chi connectivity index (χ3n) is 5.93. The van der Waals surface area contributed by atoms with Crippen molar-refractivity contribution in [3.05, 3.63) is 0 Å². The number of carbonyl (C=O) groups excluding carboxylic acids is 2. The molecule has 8 heteroatoms. The van der Waals surface area contributed by atoms with E-state index < -0.39 is 0 Å². The molecule has 0 aromatic heterocycles. The molecule has 0 aliphatic carbocycles. The van der Waals surface area contributed by atoms with Crippen LogP contribution in [-0.4, -0.2) is 73.0 Å². The van der Waals surface area contributed by atoms with E-state index in [9.17, 15) is 9.59 Å². The molecule has 0 saturated carbocycles. The van der Waals surface area contributed by atoms with E-state index in [1.807, 2.05) is 0 Å². The number of likely N-dealkylation sites (tertiary alicyclic amines) is 2. The lowest BCUT2D eigenvalue weighted by molar-refractivity contribution is -0.137. The molecule has 3 rings (SSSR count). The SMILES string of the molecule is CCCN1CCCC1C(=O)N1CCCC(CNC(=O)C2CCCN2)C1.Cl.Cl. The van der Waals surface area contributed by atoms with Gasteiger partial charge in [-0.25, -0.2) is 0 Å². The van der Waals surface area contributed by atoms with Gasteiger partial charge in [-0.05, 0) is 70.5 Å². The van der Waals surface area contributed by atoms with Gasteiger partial charge in [-0.3, -0.25) is 14.5 Å². The third-order valence-corrected chi connectivity index (χ3v) is 5.93. The van der Waals surface area contributed by atoms with Crippen LogP contribution in [0.15, 0.2) is 0 Å². The molecule has 3 aliphatic rings. The Morgan fingerprint density at radius 1 is 1.07 bits per heavy atom. The number of nitrogens with zero attached hydrogens (tertiary/aromatic N) is 2. The van der Waals surface area contributed by atoms with Crippen LogP contribution in [0.5, 0.6) is 0 Å². The second-order valence-electron chi connectivity index (χ2n) is 7.88. The van der Waals surface area contributed by atoms with Crippen molar-refractivity contribution in [2.45, 2.75) is 64.0 Å². The van der Waals surface area contributed by atoms with Gasteiger partial charge < -0.3 is 15.5 Å². The lowest BCUT2D eigenvalue weighted by Gasteiger charge is -2.36. The molecule has 3 fully saturated rings. The largest absolute Gasteiger partial charge is 0.354 e. The first-order valence-corrected chi connectivity index (χ1v) is 10.2. The van der Waals surface area contributed by atoms with E-state index >= 15 is 0 Å². The molecule has 0 aromatic carbocycles. The van der Waals surface area contributed by atoms with E-state index in [1.54, 1.807) is 0 Å². The lowest BCUT2D eigenvalue weighted by Crippen LogP contribution is -2.51. The Morgan fingerprint density at radius 2 is 1.85 bits per heavy atom. The highest BCUT2D eigenvalue weighted by molar-refractivity contribution is 5.85. The number of amides is 2. The molecule has 2 N–H and O–H groups in total. The Morgan fingerprint density at radius 3 is 2.56 bits per heavy atom. The summed E-state index contributed by atoms with van der Waals surface area (Å²) in [5, 5.41) is 6.35. The molecule has 6 nitrogen and oxygen atoms in total. The highest BCUT2D eigenvalue weighted by atomic mass is 35.5. The Labute approximate surface area is 176 Å². The van der Waals surface area contributed by atoms with E-state index in [0.29, 0.717) is 18.4 Å². The second kappa shape index (κ2) is 12.1. The van der Waals surface area contributed by atoms with Gasteiger partial charge >= 0.3 is 0 Å². The molecule has 0 aromatic rings. The number of piperidine rings is 1. The number of carbonyl (C=O) groups is 2. The summed E-state index contributed by atoms with van der Waals surface area (Å²) in [6.07, 6.45) is 7.42. The topological polar surface area (TPSA) is 64.7 Å². The quantitative estimate of drug-likeness (QED) is 0.684. The predicted molar refractivity (Wildman–Crippen MR) is 113 cm³/mol. The zero-order valence-corrected chi connectivity index (χ0v) is 18.1. The molecule has 0 radical (unpaired) electrons. The summed E-state index contributed by atoms with van der Waals surface area (Å²) in [6, 6.07) is 0.0818. The summed E-state index contributed by atoms with van der Waals surface area (Å²) in [6.45, 7) is 7.59. The minimum Gasteiger partial charge on any atom is -0.354 e. The maximum absolute atomic E-state index is 13.0. The van der Waals surface area contributed by atoms with Gasteiger partial charge in [0.2, 0.25) is 11.8 Å². The van der Waals surface area contributed by atoms with E-state index in [4.69, 9.17) is 0 Å². The predicted octanol–water partition coefficient (Wildman–Crippen LogP) is 1.81. The lowest BCUT2D eigenvalue weighted by atomic mass is 9.97. The molecule has 0 spiro atoms. The number of hydrogen-bond donors (Lipinski definition) is 2. The van der Waals surface area contributed by atoms with E-state index in [1.165, 1.54) is 0 Å². The standard InChI is InChI=1S/C19H34N4O2.2ClH/c1-2-10-22-11-5-8-17(22)19(25)23-12-4-6-15(14-23)13-21-18(24)16-7-3-9-20-16;;/h15-17,20H,2-14H2,1H3,(H,21,24);2*1H. The van der Waals surface area contributed by atoms with E-state index in [2.05, 4.69) is 27.4 Å². The summed E-state index contributed by atoms with van der Waals surface area (Å²) >= 11 is 0. The van der Waals surface area contributed by atoms with Crippen LogP contribution in [0.25, 0.3) is 0 Å². The van der Waals surface area contributed by atoms with Crippen LogP contribution >= 0.6 is 24.8 Å². The maximum Gasteiger partial charge on any atom is 0.239 e. The fourth-order valence-electron chi connectivity index (χ4n) is 4.58. The van der Waals surface area contributed by atoms with Crippen molar-refractivity contribution < 1.29 is 9.59 Å². The van der Waals surface area contributed by atoms with Gasteiger partial charge in [0.1, 0.15) is 0 Å². The van der Waals surface area contributed by atoms with Crippen LogP contribution in [0.2, 0.25) is 0 Å². The maximum atomic E-state index is 13.0. The normalized spacial score (nSPS) is 28.3. The van der Waals surface area contributed by atoms with Gasteiger partial charge in [0.15, 0.2) is 0 Å². The minimum atomic E-state index is -0.0117. The average molecular weight is 423 g/mol. The van der Waals surface area contributed by atoms with Crippen LogP contribution < -0.4 is 10.6 Å². The monoisotopic (exact) mass is 422 g/mol. The molecule has 3 aliphatic heterocycles. The first kappa shape index (κ1) is 24.5. The fourth-order valence-corrected chi connectivity index (χ4v) is 4.58. The van der Waals surface area contributed by atoms with Crippen LogP contribution in [0.4, 0.5) is 0 Å². The smallest absolute Gasteiger partial charge is 0.239 e. The Hall–Kier alpha value is -0.560. The molecule has 158 valence electrons. The Bertz CT molecular complexity index is 475. The van der Waals surface area contributed by atoms with Crippen LogP contribution in [0.3, 0.4) is 0 Å². The first-order chi connectivity index (χ1) is 12.2. The summed E-state index contributed by atoms with van der Waals surface area (Å²) in [5.74, 6) is 0.842. The van der Waals surface area contributed by atoms with Crippen molar-refractivity contribution in [3.8, 4) is 0 Å². The van der Waals surface area contributed by atoms with Crippen molar-refractivity contribution in [2.24, 2.45) is 5.92 Å². The molecule has 0 bridgehead atoms. The molecule has 2 amide bonds. The van der Waals surface area contributed by atoms with Crippen LogP contribution in [0.1, 0.15) is 51.9 Å². The van der Waals surface area contributed by atoms with Crippen molar-refractivity contribution >= 4 is 36.6 Å². The summed E-state index contributed by atoms with van der Waals surface area (Å²) < 4.78 is 0. The Kier molecular flexibility index (Phi) is 11.0. The van der Waals surface area contributed by atoms with Gasteiger partial charge in [0, 0.05) is 19.6 Å². The molecular formula is C19H36Cl2N4O2. The molecule has 3 heterocycles. The molecular weight excluding hydrogens is 387 g/mol. The van der Waals surface area contributed by atoms with E-state index in [0.717, 1.165) is 77.7 Å². The van der Waals surface area contributed by atoms with Crippen LogP contribution in [0, 0.1) is 5.92 Å². The third kappa shape index (κ3) is 6.48. The van der Waals surface area contributed by atoms with Gasteiger partial charge in [-0.1, -0.05) is 6.92 Å². The zero-order chi connectivity index (χ0) is 17.6. The summed E-state index contributed by atoms with van der Waals surface area (Å²) in [5.41, 5.74) is 0. The number of nitrogens with one attached hydrogen (secondary N) is 2. The molecule has 3 atom stereocenters. The van der Waals surface area contributed by atoms with E-state index in [-0.39, 0.29) is 42.8 Å². The van der Waals surface area contributed by atoms with Gasteiger partial charge in [0.05, 0.1) is 12.1 Å². The number of hydrogen-bond acceptors (Lipinski definition) is 4. The van der Waals surface area contributed by atoms with Crippen molar-refractivity contribution in [2.75, 3.05) is 39.3 Å². The Balaban J connectivity index is 0.00000182. The van der Waals surface area contributed by atoms with Crippen molar-refractivity contribution in [1.82, 2.24) is 20.4 Å². The molecule has 3 unspecified atom stereocenters. The highest BCUT2D eigenvalue weighted by Crippen LogP contribution is 2.23. The average Bonchev–Trinajstić information content (AvgIpc) is 3.31. The minimum absolute atomic E-state index is 0. The summed E-state index contributed by atoms with van der Waals surface area (Å²) in [4.78, 5) is 29.6. The van der Waals surface area contributed by atoms with Gasteiger partial charge in [-0.2, -0.15) is 0 Å². The number of rotatable bonds is 6. The second-order valence-corrected chi connectivity index (χ2v) is 7.88. The number of halogens is 2. The zero-order valence-electron chi connectivity index (χ0n) is 16.5. The first-order valence-electron chi connectivity index (χ1n) is 10.2. The van der Waals surface area contributed by atoms with Crippen LogP contribution in [-0.2, 0) is 9.59 Å². The molecule has 3 saturated heterocycles. The van der Waals surface area contributed by atoms with Gasteiger partial charge in [-0.15, -0.1) is 24.8 Å². The molecule has 27 heavy (non-hydrogen) atoms.